The maximum absolute atomic E-state index is 11.8. The third-order valence-corrected chi connectivity index (χ3v) is 3.10. The first-order chi connectivity index (χ1) is 8.15. The predicted molar refractivity (Wildman–Crippen MR) is 64.5 cm³/mol. The van der Waals surface area contributed by atoms with Crippen molar-refractivity contribution in [3.05, 3.63) is 23.8 Å². The first-order valence-electron chi connectivity index (χ1n) is 5.68. The summed E-state index contributed by atoms with van der Waals surface area (Å²) < 4.78 is 10.4. The molecule has 0 aliphatic carbocycles. The van der Waals surface area contributed by atoms with Crippen molar-refractivity contribution in [2.45, 2.75) is 25.3 Å². The normalized spacial score (nSPS) is 23.4. The molecule has 1 aliphatic rings. The van der Waals surface area contributed by atoms with Crippen molar-refractivity contribution in [3.8, 4) is 11.5 Å². The van der Waals surface area contributed by atoms with E-state index in [0.29, 0.717) is 11.5 Å². The van der Waals surface area contributed by atoms with Crippen molar-refractivity contribution in [2.24, 2.45) is 0 Å². The third kappa shape index (κ3) is 2.20. The number of hydrogen-bond donors (Lipinski definition) is 1. The van der Waals surface area contributed by atoms with E-state index in [4.69, 9.17) is 9.47 Å². The molecule has 2 rings (SSSR count). The van der Waals surface area contributed by atoms with Crippen LogP contribution in [0.5, 0.6) is 11.5 Å². The van der Waals surface area contributed by atoms with E-state index < -0.39 is 0 Å². The van der Waals surface area contributed by atoms with Gasteiger partial charge in [0.05, 0.1) is 20.1 Å². The van der Waals surface area contributed by atoms with Crippen LogP contribution in [-0.2, 0) is 4.79 Å². The van der Waals surface area contributed by atoms with Crippen LogP contribution >= 0.6 is 0 Å². The summed E-state index contributed by atoms with van der Waals surface area (Å²) in [5, 5.41) is 2.92. The molecule has 0 saturated carbocycles. The van der Waals surface area contributed by atoms with E-state index in [1.54, 1.807) is 14.2 Å². The monoisotopic (exact) mass is 235 g/mol. The molecule has 0 aromatic heterocycles. The van der Waals surface area contributed by atoms with Crippen LogP contribution < -0.4 is 14.8 Å². The number of carbonyl (C=O) groups excluding carboxylic acids is 1. The lowest BCUT2D eigenvalue weighted by Gasteiger charge is -2.12. The van der Waals surface area contributed by atoms with Crippen molar-refractivity contribution < 1.29 is 14.3 Å². The van der Waals surface area contributed by atoms with Gasteiger partial charge in [0.2, 0.25) is 5.91 Å². The maximum atomic E-state index is 11.8. The number of nitrogens with one attached hydrogen (secondary N) is 1. The number of carbonyl (C=O) groups is 1. The average molecular weight is 235 g/mol. The van der Waals surface area contributed by atoms with E-state index in [1.165, 1.54) is 0 Å². The summed E-state index contributed by atoms with van der Waals surface area (Å²) >= 11 is 0. The quantitative estimate of drug-likeness (QED) is 0.867. The van der Waals surface area contributed by atoms with Crippen LogP contribution in [0, 0.1) is 0 Å². The first kappa shape index (κ1) is 11.8. The molecule has 0 bridgehead atoms. The highest BCUT2D eigenvalue weighted by atomic mass is 16.5. The molecule has 1 aliphatic heterocycles. The van der Waals surface area contributed by atoms with Crippen molar-refractivity contribution in [1.29, 1.82) is 0 Å². The molecular formula is C13H17NO3. The Morgan fingerprint density at radius 3 is 2.47 bits per heavy atom. The van der Waals surface area contributed by atoms with E-state index in [2.05, 4.69) is 5.32 Å². The lowest BCUT2D eigenvalue weighted by molar-refractivity contribution is -0.120. The largest absolute Gasteiger partial charge is 0.493 e. The van der Waals surface area contributed by atoms with E-state index in [0.717, 1.165) is 12.0 Å². The van der Waals surface area contributed by atoms with Gasteiger partial charge in [-0.25, -0.2) is 0 Å². The number of ether oxygens (including phenoxy) is 2. The van der Waals surface area contributed by atoms with Gasteiger partial charge in [0.25, 0.3) is 0 Å². The van der Waals surface area contributed by atoms with Gasteiger partial charge < -0.3 is 14.8 Å². The number of benzene rings is 1. The minimum absolute atomic E-state index is 0.0789. The fraction of sp³-hybridized carbons (Fsp3) is 0.462. The Balaban J connectivity index is 2.30. The summed E-state index contributed by atoms with van der Waals surface area (Å²) in [4.78, 5) is 11.8. The van der Waals surface area contributed by atoms with Gasteiger partial charge in [-0.15, -0.1) is 0 Å². The van der Waals surface area contributed by atoms with Gasteiger partial charge in [-0.1, -0.05) is 6.07 Å². The van der Waals surface area contributed by atoms with Crippen LogP contribution in [0.3, 0.4) is 0 Å². The Hall–Kier alpha value is -1.71. The van der Waals surface area contributed by atoms with Crippen LogP contribution in [0.15, 0.2) is 18.2 Å². The molecule has 1 saturated heterocycles. The smallest absolute Gasteiger partial charge is 0.227 e. The minimum atomic E-state index is -0.0789. The van der Waals surface area contributed by atoms with Crippen LogP contribution in [-0.4, -0.2) is 26.2 Å². The van der Waals surface area contributed by atoms with Crippen LogP contribution in [0.4, 0.5) is 0 Å². The lowest BCUT2D eigenvalue weighted by atomic mass is 9.96. The SMILES string of the molecule is COc1ccc(C2CC(C)NC2=O)cc1OC. The Bertz CT molecular complexity index is 431. The van der Waals surface area contributed by atoms with Crippen LogP contribution in [0.1, 0.15) is 24.8 Å². The predicted octanol–water partition coefficient (Wildman–Crippen LogP) is 1.70. The van der Waals surface area contributed by atoms with Gasteiger partial charge in [0.15, 0.2) is 11.5 Å². The molecule has 1 aromatic carbocycles. The molecule has 2 atom stereocenters. The molecular weight excluding hydrogens is 218 g/mol. The van der Waals surface area contributed by atoms with Crippen molar-refractivity contribution in [3.63, 3.8) is 0 Å². The topological polar surface area (TPSA) is 47.6 Å². The first-order valence-corrected chi connectivity index (χ1v) is 5.68. The number of amides is 1. The molecule has 17 heavy (non-hydrogen) atoms. The Morgan fingerprint density at radius 2 is 1.94 bits per heavy atom. The summed E-state index contributed by atoms with van der Waals surface area (Å²) in [6, 6.07) is 5.87. The van der Waals surface area contributed by atoms with Gasteiger partial charge >= 0.3 is 0 Å². The molecule has 92 valence electrons. The van der Waals surface area contributed by atoms with Crippen LogP contribution in [0.2, 0.25) is 0 Å². The Morgan fingerprint density at radius 1 is 1.24 bits per heavy atom. The molecule has 1 heterocycles. The van der Waals surface area contributed by atoms with E-state index in [9.17, 15) is 4.79 Å². The van der Waals surface area contributed by atoms with Crippen LogP contribution in [0.25, 0.3) is 0 Å². The second-order valence-electron chi connectivity index (χ2n) is 4.31. The lowest BCUT2D eigenvalue weighted by Crippen LogP contribution is -2.23. The highest BCUT2D eigenvalue weighted by Crippen LogP contribution is 2.34. The minimum Gasteiger partial charge on any atom is -0.493 e. The standard InChI is InChI=1S/C13H17NO3/c1-8-6-10(13(15)14-8)9-4-5-11(16-2)12(7-9)17-3/h4-5,7-8,10H,6H2,1-3H3,(H,14,15). The number of rotatable bonds is 3. The summed E-state index contributed by atoms with van der Waals surface area (Å²) in [7, 11) is 3.20. The van der Waals surface area contributed by atoms with Crippen molar-refractivity contribution >= 4 is 5.91 Å². The second kappa shape index (κ2) is 4.65. The van der Waals surface area contributed by atoms with E-state index in [-0.39, 0.29) is 17.9 Å². The van der Waals surface area contributed by atoms with Crippen molar-refractivity contribution in [1.82, 2.24) is 5.32 Å². The molecule has 1 amide bonds. The molecule has 1 aromatic rings. The molecule has 1 fully saturated rings. The summed E-state index contributed by atoms with van der Waals surface area (Å²) in [6.07, 6.45) is 0.828. The Labute approximate surface area is 101 Å². The molecule has 2 unspecified atom stereocenters. The van der Waals surface area contributed by atoms with Gasteiger partial charge in [0, 0.05) is 6.04 Å². The third-order valence-electron chi connectivity index (χ3n) is 3.10. The fourth-order valence-electron chi connectivity index (χ4n) is 2.22. The molecule has 1 N–H and O–H groups in total. The van der Waals surface area contributed by atoms with E-state index >= 15 is 0 Å². The number of methoxy groups -OCH3 is 2. The van der Waals surface area contributed by atoms with E-state index in [1.807, 2.05) is 25.1 Å². The van der Waals surface area contributed by atoms with Gasteiger partial charge in [-0.2, -0.15) is 0 Å². The molecule has 4 nitrogen and oxygen atoms in total. The maximum Gasteiger partial charge on any atom is 0.227 e. The van der Waals surface area contributed by atoms with Gasteiger partial charge in [0.1, 0.15) is 0 Å². The van der Waals surface area contributed by atoms with Gasteiger partial charge in [-0.05, 0) is 31.0 Å². The van der Waals surface area contributed by atoms with Crippen molar-refractivity contribution in [2.75, 3.05) is 14.2 Å². The summed E-state index contributed by atoms with van der Waals surface area (Å²) in [5.74, 6) is 1.36. The average Bonchev–Trinajstić information content (AvgIpc) is 2.67. The highest BCUT2D eigenvalue weighted by molar-refractivity contribution is 5.86. The molecule has 4 heteroatoms. The molecule has 0 radical (unpaired) electrons. The number of hydrogen-bond acceptors (Lipinski definition) is 3. The fourth-order valence-corrected chi connectivity index (χ4v) is 2.22. The van der Waals surface area contributed by atoms with Gasteiger partial charge in [-0.3, -0.25) is 4.79 Å². The zero-order valence-electron chi connectivity index (χ0n) is 10.3. The summed E-state index contributed by atoms with van der Waals surface area (Å²) in [6.45, 7) is 2.01. The second-order valence-corrected chi connectivity index (χ2v) is 4.31. The summed E-state index contributed by atoms with van der Waals surface area (Å²) in [5.41, 5.74) is 0.976. The Kier molecular flexibility index (Phi) is 3.22. The zero-order chi connectivity index (χ0) is 12.4. The molecule has 0 spiro atoms. The zero-order valence-corrected chi connectivity index (χ0v) is 10.3. The highest BCUT2D eigenvalue weighted by Gasteiger charge is 2.31.